The summed E-state index contributed by atoms with van der Waals surface area (Å²) in [4.78, 5) is 0. The Hall–Kier alpha value is 0.320. The largest absolute Gasteiger partial charge is 0.375 e. The minimum absolute atomic E-state index is 0.112. The fourth-order valence-electron chi connectivity index (χ4n) is 0.330. The van der Waals surface area contributed by atoms with E-state index in [0.29, 0.717) is 0 Å². The van der Waals surface area contributed by atoms with Gasteiger partial charge in [-0.3, -0.25) is 0 Å². The van der Waals surface area contributed by atoms with Crippen molar-refractivity contribution in [2.45, 2.75) is 32.3 Å². The van der Waals surface area contributed by atoms with Crippen molar-refractivity contribution in [3.05, 3.63) is 0 Å². The molecule has 0 saturated heterocycles. The summed E-state index contributed by atoms with van der Waals surface area (Å²) >= 11 is 0. The molecule has 0 N–H and O–H groups in total. The minimum atomic E-state index is -1.27. The van der Waals surface area contributed by atoms with E-state index in [1.807, 2.05) is 13.8 Å². The first kappa shape index (κ1) is 9.32. The van der Waals surface area contributed by atoms with Crippen LogP contribution < -0.4 is 0 Å². The van der Waals surface area contributed by atoms with Crippen LogP contribution in [0.25, 0.3) is 0 Å². The van der Waals surface area contributed by atoms with E-state index in [2.05, 4.69) is 9.24 Å². The first-order valence-electron chi connectivity index (χ1n) is 3.01. The van der Waals surface area contributed by atoms with Crippen LogP contribution in [0.1, 0.15) is 20.8 Å². The number of rotatable bonds is 3. The molecule has 0 aromatic heterocycles. The Morgan fingerprint density at radius 2 is 2.11 bits per heavy atom. The van der Waals surface area contributed by atoms with E-state index in [1.54, 1.807) is 0 Å². The number of hydrogen-bond donors (Lipinski definition) is 0. The van der Waals surface area contributed by atoms with Gasteiger partial charge in [-0.1, -0.05) is 9.24 Å². The molecule has 0 aliphatic rings. The van der Waals surface area contributed by atoms with Gasteiger partial charge in [0.25, 0.3) is 0 Å². The second kappa shape index (κ2) is 3.48. The van der Waals surface area contributed by atoms with Crippen LogP contribution in [-0.4, -0.2) is 18.1 Å². The highest BCUT2D eigenvalue weighted by Gasteiger charge is 2.15. The Labute approximate surface area is 58.2 Å². The van der Waals surface area contributed by atoms with E-state index in [1.165, 1.54) is 6.92 Å². The topological polar surface area (TPSA) is 9.23 Å². The first-order chi connectivity index (χ1) is 3.92. The van der Waals surface area contributed by atoms with Gasteiger partial charge in [-0.25, -0.2) is 4.39 Å². The van der Waals surface area contributed by atoms with Crippen LogP contribution in [0.2, 0.25) is 0 Å². The van der Waals surface area contributed by atoms with E-state index < -0.39 is 5.41 Å². The standard InChI is InChI=1S/C6H14FOP/c1-5(2)8-4-6(3,7)9/h5H,4,9H2,1-3H3. The highest BCUT2D eigenvalue weighted by atomic mass is 31.0. The van der Waals surface area contributed by atoms with E-state index in [0.717, 1.165) is 0 Å². The van der Waals surface area contributed by atoms with Gasteiger partial charge in [0.05, 0.1) is 12.7 Å². The van der Waals surface area contributed by atoms with E-state index >= 15 is 0 Å². The Morgan fingerprint density at radius 1 is 1.67 bits per heavy atom. The molecule has 56 valence electrons. The Bertz CT molecular complexity index is 77.6. The van der Waals surface area contributed by atoms with Crippen molar-refractivity contribution in [3.63, 3.8) is 0 Å². The Balaban J connectivity index is 3.28. The van der Waals surface area contributed by atoms with E-state index in [4.69, 9.17) is 4.74 Å². The van der Waals surface area contributed by atoms with E-state index in [9.17, 15) is 4.39 Å². The Morgan fingerprint density at radius 3 is 2.22 bits per heavy atom. The molecule has 0 aliphatic carbocycles. The summed E-state index contributed by atoms with van der Waals surface area (Å²) in [7, 11) is 2.09. The molecule has 1 nitrogen and oxygen atoms in total. The van der Waals surface area contributed by atoms with Crippen molar-refractivity contribution in [2.24, 2.45) is 0 Å². The predicted molar refractivity (Wildman–Crippen MR) is 40.3 cm³/mol. The molecule has 0 heterocycles. The van der Waals surface area contributed by atoms with Crippen molar-refractivity contribution < 1.29 is 9.13 Å². The molecule has 2 unspecified atom stereocenters. The summed E-state index contributed by atoms with van der Waals surface area (Å²) in [5.41, 5.74) is 0. The van der Waals surface area contributed by atoms with Gasteiger partial charge in [-0.05, 0) is 20.8 Å². The maximum Gasteiger partial charge on any atom is 0.144 e. The lowest BCUT2D eigenvalue weighted by atomic mass is 10.4. The van der Waals surface area contributed by atoms with Crippen LogP contribution in [0, 0.1) is 0 Å². The van der Waals surface area contributed by atoms with Crippen LogP contribution in [-0.2, 0) is 4.74 Å². The van der Waals surface area contributed by atoms with Gasteiger partial charge in [-0.15, -0.1) is 0 Å². The predicted octanol–water partition coefficient (Wildman–Crippen LogP) is 1.97. The fourth-order valence-corrected chi connectivity index (χ4v) is 0.426. The lowest BCUT2D eigenvalue weighted by Crippen LogP contribution is -2.19. The molecule has 0 bridgehead atoms. The van der Waals surface area contributed by atoms with Crippen molar-refractivity contribution in [3.8, 4) is 0 Å². The van der Waals surface area contributed by atoms with Gasteiger partial charge in [0.15, 0.2) is 0 Å². The summed E-state index contributed by atoms with van der Waals surface area (Å²) in [6.07, 6.45) is 0.112. The fraction of sp³-hybridized carbons (Fsp3) is 1.00. The summed E-state index contributed by atoms with van der Waals surface area (Å²) in [6, 6.07) is 0. The van der Waals surface area contributed by atoms with Crippen LogP contribution in [0.15, 0.2) is 0 Å². The molecule has 0 rings (SSSR count). The Kier molecular flexibility index (Phi) is 3.60. The van der Waals surface area contributed by atoms with Gasteiger partial charge >= 0.3 is 0 Å². The highest BCUT2D eigenvalue weighted by Crippen LogP contribution is 2.19. The molecule has 2 atom stereocenters. The molecule has 9 heavy (non-hydrogen) atoms. The van der Waals surface area contributed by atoms with Gasteiger partial charge in [-0.2, -0.15) is 0 Å². The summed E-state index contributed by atoms with van der Waals surface area (Å²) in [5, 5.41) is -1.27. The molecule has 0 aromatic carbocycles. The lowest BCUT2D eigenvalue weighted by molar-refractivity contribution is 0.0317. The minimum Gasteiger partial charge on any atom is -0.375 e. The molecule has 0 fully saturated rings. The molecule has 0 amide bonds. The molecule has 0 aliphatic heterocycles. The van der Waals surface area contributed by atoms with Gasteiger partial charge in [0.2, 0.25) is 0 Å². The molecule has 0 aromatic rings. The summed E-state index contributed by atoms with van der Waals surface area (Å²) in [6.45, 7) is 5.39. The second-order valence-electron chi connectivity index (χ2n) is 2.64. The van der Waals surface area contributed by atoms with Gasteiger partial charge in [0, 0.05) is 0 Å². The molecule has 3 heteroatoms. The van der Waals surface area contributed by atoms with Crippen molar-refractivity contribution in [2.75, 3.05) is 6.61 Å². The summed E-state index contributed by atoms with van der Waals surface area (Å²) < 4.78 is 17.6. The van der Waals surface area contributed by atoms with Crippen molar-refractivity contribution in [1.29, 1.82) is 0 Å². The van der Waals surface area contributed by atoms with Gasteiger partial charge < -0.3 is 4.74 Å². The molecule has 0 radical (unpaired) electrons. The molecule has 0 spiro atoms. The summed E-state index contributed by atoms with van der Waals surface area (Å²) in [5.74, 6) is 0. The molecular formula is C6H14FOP. The van der Waals surface area contributed by atoms with Crippen LogP contribution >= 0.6 is 9.24 Å². The molecule has 0 saturated carbocycles. The SMILES string of the molecule is CC(C)OCC(C)(F)P. The highest BCUT2D eigenvalue weighted by molar-refractivity contribution is 7.18. The van der Waals surface area contributed by atoms with Crippen molar-refractivity contribution >= 4 is 9.24 Å². The third-order valence-electron chi connectivity index (χ3n) is 0.699. The third-order valence-corrected chi connectivity index (χ3v) is 0.866. The number of ether oxygens (including phenoxy) is 1. The number of hydrogen-bond acceptors (Lipinski definition) is 1. The van der Waals surface area contributed by atoms with Crippen LogP contribution in [0.3, 0.4) is 0 Å². The smallest absolute Gasteiger partial charge is 0.144 e. The van der Waals surface area contributed by atoms with Gasteiger partial charge in [0.1, 0.15) is 5.41 Å². The van der Waals surface area contributed by atoms with Crippen molar-refractivity contribution in [1.82, 2.24) is 0 Å². The first-order valence-corrected chi connectivity index (χ1v) is 3.59. The molecular weight excluding hydrogens is 138 g/mol. The second-order valence-corrected chi connectivity index (χ2v) is 3.84. The third kappa shape index (κ3) is 8.32. The van der Waals surface area contributed by atoms with Crippen LogP contribution in [0.4, 0.5) is 4.39 Å². The maximum atomic E-state index is 12.6. The zero-order valence-corrected chi connectivity index (χ0v) is 7.30. The number of halogens is 1. The zero-order valence-electron chi connectivity index (χ0n) is 6.15. The maximum absolute atomic E-state index is 12.6. The monoisotopic (exact) mass is 152 g/mol. The average Bonchev–Trinajstić information content (AvgIpc) is 1.59. The van der Waals surface area contributed by atoms with E-state index in [-0.39, 0.29) is 12.7 Å². The normalized spacial score (nSPS) is 18.0. The average molecular weight is 152 g/mol. The quantitative estimate of drug-likeness (QED) is 0.562. The zero-order chi connectivity index (χ0) is 7.49. The number of alkyl halides is 1. The lowest BCUT2D eigenvalue weighted by Gasteiger charge is -2.15. The van der Waals surface area contributed by atoms with Crippen LogP contribution in [0.5, 0.6) is 0 Å².